The van der Waals surface area contributed by atoms with E-state index in [1.807, 2.05) is 118 Å². The van der Waals surface area contributed by atoms with E-state index < -0.39 is 60.7 Å². The number of ketones is 2. The van der Waals surface area contributed by atoms with Crippen LogP contribution in [-0.4, -0.2) is 235 Å². The van der Waals surface area contributed by atoms with E-state index in [9.17, 15) is 78.7 Å². The number of aryl methyl sites for hydroxylation is 2. The Morgan fingerprint density at radius 1 is 0.556 bits per heavy atom. The zero-order valence-electron chi connectivity index (χ0n) is 78.8. The summed E-state index contributed by atoms with van der Waals surface area (Å²) in [6.45, 7) is 34.2. The fraction of sp³-hybridized carbons (Fsp3) is 0.515. The van der Waals surface area contributed by atoms with Gasteiger partial charge in [-0.15, -0.1) is 0 Å². The molecule has 1 atom stereocenters. The van der Waals surface area contributed by atoms with Gasteiger partial charge in [0.1, 0.15) is 34.2 Å². The molecule has 4 fully saturated rings. The van der Waals surface area contributed by atoms with Gasteiger partial charge in [0.15, 0.2) is 9.84 Å². The highest BCUT2D eigenvalue weighted by Crippen LogP contribution is 2.49. The first-order chi connectivity index (χ1) is 62.3. The Kier molecular flexibility index (Phi) is 28.3. The highest BCUT2D eigenvalue weighted by Gasteiger charge is 2.54. The molecule has 4 saturated heterocycles. The summed E-state index contributed by atoms with van der Waals surface area (Å²) < 4.78 is 127. The number of piperidine rings is 4. The maximum atomic E-state index is 13.3. The smallest absolute Gasteiger partial charge is 0.456 e. The summed E-state index contributed by atoms with van der Waals surface area (Å²) in [6.07, 6.45) is -5.20. The molecule has 4 spiro atoms. The van der Waals surface area contributed by atoms with Crippen molar-refractivity contribution in [2.24, 2.45) is 0 Å². The summed E-state index contributed by atoms with van der Waals surface area (Å²) in [5.74, 6) is -2.34. The first kappa shape index (κ1) is 99.6. The van der Waals surface area contributed by atoms with Crippen LogP contribution < -0.4 is 14.8 Å². The number of Topliss-reactive ketones (excluding diaryl/α,β-unsaturated/α-hetero) is 2. The van der Waals surface area contributed by atoms with Gasteiger partial charge in [-0.05, 0) is 285 Å². The highest BCUT2D eigenvalue weighted by molar-refractivity contribution is 7.92. The van der Waals surface area contributed by atoms with E-state index in [1.165, 1.54) is 57.3 Å². The van der Waals surface area contributed by atoms with Crippen LogP contribution in [0.3, 0.4) is 0 Å². The number of rotatable bonds is 11. The van der Waals surface area contributed by atoms with Crippen molar-refractivity contribution >= 4 is 62.7 Å². The number of likely N-dealkylation sites (N-methyl/N-ethyl adjacent to an activating group) is 2. The van der Waals surface area contributed by atoms with Crippen molar-refractivity contribution in [3.63, 3.8) is 0 Å². The van der Waals surface area contributed by atoms with E-state index >= 15 is 0 Å². The van der Waals surface area contributed by atoms with Crippen LogP contribution in [0.1, 0.15) is 243 Å². The second-order valence-corrected chi connectivity index (χ2v) is 42.2. The number of ether oxygens (including phenoxy) is 3. The Hall–Kier alpha value is -10.9. The predicted molar refractivity (Wildman–Crippen MR) is 493 cm³/mol. The average Bonchev–Trinajstić information content (AvgIpc) is 1.47. The van der Waals surface area contributed by atoms with Crippen molar-refractivity contribution < 1.29 is 89.1 Å². The molecular formula is C99H124ClF6N13O13S. The third kappa shape index (κ3) is 19.5. The second-order valence-electron chi connectivity index (χ2n) is 39.2. The lowest BCUT2D eigenvalue weighted by molar-refractivity contribution is -0.0896. The number of hydrogen-bond donors (Lipinski definition) is 2. The highest BCUT2D eigenvalue weighted by atomic mass is 35.5. The minimum Gasteiger partial charge on any atom is -0.508 e. The summed E-state index contributed by atoms with van der Waals surface area (Å²) in [7, 11) is 2.27. The normalized spacial score (nSPS) is 19.1. The lowest BCUT2D eigenvalue weighted by atomic mass is 9.79. The van der Waals surface area contributed by atoms with Gasteiger partial charge in [0.05, 0.1) is 63.0 Å². The van der Waals surface area contributed by atoms with Crippen LogP contribution in [0, 0.1) is 25.2 Å². The van der Waals surface area contributed by atoms with Gasteiger partial charge in [0, 0.05) is 150 Å². The Morgan fingerprint density at radius 3 is 1.53 bits per heavy atom. The van der Waals surface area contributed by atoms with Gasteiger partial charge < -0.3 is 57.2 Å². The monoisotopic (exact) mass is 1880 g/mol. The second kappa shape index (κ2) is 37.7. The lowest BCUT2D eigenvalue weighted by Gasteiger charge is -2.53. The van der Waals surface area contributed by atoms with Crippen LogP contribution in [0.4, 0.5) is 31.1 Å². The number of aromatic nitrogens is 4. The quantitative estimate of drug-likeness (QED) is 0.0899. The number of sulfone groups is 1. The van der Waals surface area contributed by atoms with Crippen LogP contribution in [0.25, 0.3) is 0 Å². The number of hydrogen-bond acceptors (Lipinski definition) is 17. The van der Waals surface area contributed by atoms with Crippen molar-refractivity contribution in [1.82, 2.24) is 57.9 Å². The zero-order valence-corrected chi connectivity index (χ0v) is 80.4. The van der Waals surface area contributed by atoms with Crippen LogP contribution in [-0.2, 0) is 68.3 Å². The summed E-state index contributed by atoms with van der Waals surface area (Å²) >= 11 is 6.41. The zero-order chi connectivity index (χ0) is 97.2. The molecule has 4 aromatic heterocycles. The van der Waals surface area contributed by atoms with E-state index in [2.05, 4.69) is 59.6 Å². The van der Waals surface area contributed by atoms with E-state index in [-0.39, 0.29) is 82.8 Å². The first-order valence-corrected chi connectivity index (χ1v) is 47.2. The molecule has 718 valence electrons. The Balaban J connectivity index is 0.000000161. The number of aromatic hydroxyl groups is 1. The number of alkyl halides is 6. The predicted octanol–water partition coefficient (Wildman–Crippen LogP) is 16.9. The molecular weight excluding hydrogens is 1760 g/mol. The van der Waals surface area contributed by atoms with Crippen molar-refractivity contribution in [2.75, 3.05) is 93.3 Å². The van der Waals surface area contributed by atoms with Gasteiger partial charge in [0.2, 0.25) is 0 Å². The summed E-state index contributed by atoms with van der Waals surface area (Å²) in [5.41, 5.74) is 5.76. The summed E-state index contributed by atoms with van der Waals surface area (Å²) in [4.78, 5) is 103. The number of carbonyl (C=O) groups is 7. The Morgan fingerprint density at radius 2 is 1.02 bits per heavy atom. The maximum Gasteiger partial charge on any atom is 0.456 e. The minimum absolute atomic E-state index is 0. The number of nitrogens with zero attached hydrogens (tertiary/aromatic N) is 12. The molecule has 16 rings (SSSR count). The molecule has 0 unspecified atom stereocenters. The minimum atomic E-state index is -4.96. The molecule has 8 aliphatic heterocycles. The van der Waals surface area contributed by atoms with Gasteiger partial charge >= 0.3 is 18.4 Å². The molecule has 8 aliphatic rings. The molecule has 0 saturated carbocycles. The number of amides is 5. The van der Waals surface area contributed by atoms with E-state index in [1.54, 1.807) is 80.7 Å². The number of carbonyl (C=O) groups excluding carboxylic acids is 7. The summed E-state index contributed by atoms with van der Waals surface area (Å²) in [6, 6.07) is 37.8. The molecule has 4 aromatic carbocycles. The molecule has 0 bridgehead atoms. The molecule has 0 aliphatic carbocycles. The standard InChI is InChI=1S/C26H32F3N3O4S.C26H32N4O4.C24H32ClN3O2.C23H26F3N3O3.H2/c1-23(2,3)37(35,36)18-8-6-17(7-9-18)22(34)31-14-12-25(13-15-31)20-11-10-19(21(33)26(27,28)29)32(20)16-24(4,5)30-25;1-5-33-25(32)30-15-14-29-21(17-27)7-9-23(29)26(30)10-12-28(13-11-26)24(31)20-6-8-22(19(4)16-20)34-18(2)3;1-23(2,3)18-7-6-17(16-19(18)30-5)22(29)27-12-10-24(11-13-27)20-8-9-21(25)28(20)15-14-26(24)4;1-14-12-16(4-6-18(14)30)21(32)28-10-8-22(9-11-28)19-7-5-17(20(31)23(24,25)26)29(19)13-15(2)27(22)3;/h6-11,30H,12-16H2,1-5H3;6-9,16,18H,5,10-15H2,1-4H3;6-9,16H,10-15H2,1-5H3;4-7,12,15,30H,8-11,13H2,1-3H3;1H/t;;;15-;/m...0./s1. The Labute approximate surface area is 780 Å². The lowest BCUT2D eigenvalue weighted by Crippen LogP contribution is -2.63. The molecule has 34 heteroatoms. The average molecular weight is 1890 g/mol. The van der Waals surface area contributed by atoms with Crippen LogP contribution in [0.5, 0.6) is 17.2 Å². The van der Waals surface area contributed by atoms with Crippen LogP contribution >= 0.6 is 11.6 Å². The number of halogens is 7. The Bertz CT molecular complexity index is 5910. The third-order valence-corrected chi connectivity index (χ3v) is 30.8. The van der Waals surface area contributed by atoms with Crippen LogP contribution in [0.2, 0.25) is 5.15 Å². The molecule has 133 heavy (non-hydrogen) atoms. The van der Waals surface area contributed by atoms with Gasteiger partial charge in [0.25, 0.3) is 35.2 Å². The molecule has 26 nitrogen and oxygen atoms in total. The van der Waals surface area contributed by atoms with Crippen molar-refractivity contribution in [3.8, 4) is 23.3 Å². The number of benzene rings is 4. The number of phenols is 1. The number of likely N-dealkylation sites (tertiary alicyclic amines) is 4. The van der Waals surface area contributed by atoms with Gasteiger partial charge in [-0.3, -0.25) is 48.8 Å². The largest absolute Gasteiger partial charge is 0.508 e. The van der Waals surface area contributed by atoms with Gasteiger partial charge in [-0.25, -0.2) is 13.2 Å². The first-order valence-electron chi connectivity index (χ1n) is 45.4. The van der Waals surface area contributed by atoms with Gasteiger partial charge in [-0.2, -0.15) is 31.6 Å². The molecule has 8 aromatic rings. The number of phenolic OH excluding ortho intramolecular Hbond substituents is 1. The molecule has 2 N–H and O–H groups in total. The molecule has 12 heterocycles. The fourth-order valence-corrected chi connectivity index (χ4v) is 22.1. The third-order valence-electron chi connectivity index (χ3n) is 28.0. The maximum absolute atomic E-state index is 13.3. The van der Waals surface area contributed by atoms with E-state index in [0.717, 1.165) is 72.5 Å². The fourth-order valence-electron chi connectivity index (χ4n) is 20.7. The van der Waals surface area contributed by atoms with E-state index in [4.69, 9.17) is 25.8 Å². The molecule has 5 amide bonds. The number of nitrogens with one attached hydrogen (secondary N) is 1. The number of fused-ring (bicyclic) bond motifs is 8. The van der Waals surface area contributed by atoms with E-state index in [0.29, 0.717) is 149 Å². The topological polar surface area (TPSA) is 280 Å². The van der Waals surface area contributed by atoms with Gasteiger partial charge in [-0.1, -0.05) is 38.4 Å². The van der Waals surface area contributed by atoms with Crippen molar-refractivity contribution in [1.29, 1.82) is 5.26 Å². The number of nitriles is 1. The van der Waals surface area contributed by atoms with Crippen molar-refractivity contribution in [2.45, 2.75) is 242 Å². The van der Waals surface area contributed by atoms with Crippen molar-refractivity contribution in [3.05, 3.63) is 211 Å². The summed E-state index contributed by atoms with van der Waals surface area (Å²) in [5, 5.41) is 23.6. The SMILES string of the molecule is CC1(C)Cn2c(C(=O)C(F)(F)F)ccc2C2(CCN(C(=O)c3ccc(S(=O)(=O)C(C)(C)C)cc3)CC2)N1.CCOC(=O)N1CCn2c(C#N)ccc2C12CCN(C(=O)c1ccc(OC(C)C)c(C)c1)CC2.COc1cc(C(=O)N2CCC3(CC2)c2ccc(Cl)n2CCN3C)ccc1C(C)(C)C.Cc1cc(C(=O)N2CCC3(CC2)c2ccc(C(=O)C(F)(F)F)n2C[C@H](C)N3C)ccc1O.[HH]. The van der Waals surface area contributed by atoms with Crippen LogP contribution in [0.15, 0.2) is 132 Å². The number of methoxy groups -OCH3 is 1. The molecule has 0 radical (unpaired) electrons.